The van der Waals surface area contributed by atoms with Crippen LogP contribution in [0.15, 0.2) is 51.8 Å². The fourth-order valence-electron chi connectivity index (χ4n) is 1.53. The van der Waals surface area contributed by atoms with Gasteiger partial charge >= 0.3 is 0 Å². The predicted octanol–water partition coefficient (Wildman–Crippen LogP) is 4.23. The van der Waals surface area contributed by atoms with Crippen molar-refractivity contribution in [1.82, 2.24) is 0 Å². The van der Waals surface area contributed by atoms with Crippen molar-refractivity contribution in [3.63, 3.8) is 0 Å². The normalized spacial score (nSPS) is 10.4. The number of thioether (sulfide) groups is 1. The number of benzene rings is 2. The van der Waals surface area contributed by atoms with Gasteiger partial charge in [-0.05, 0) is 23.8 Å². The van der Waals surface area contributed by atoms with Gasteiger partial charge in [-0.3, -0.25) is 10.1 Å². The van der Waals surface area contributed by atoms with Gasteiger partial charge in [-0.25, -0.2) is 0 Å². The highest BCUT2D eigenvalue weighted by Gasteiger charge is 2.09. The lowest BCUT2D eigenvalue weighted by Gasteiger charge is -2.05. The molecule has 2 aromatic rings. The van der Waals surface area contributed by atoms with E-state index in [2.05, 4.69) is 15.9 Å². The van der Waals surface area contributed by atoms with Crippen molar-refractivity contribution in [3.05, 3.63) is 62.6 Å². The van der Waals surface area contributed by atoms with Gasteiger partial charge < -0.3 is 5.73 Å². The Morgan fingerprint density at radius 1 is 1.26 bits per heavy atom. The molecule has 0 saturated carbocycles. The smallest absolute Gasteiger partial charge is 0.270 e. The van der Waals surface area contributed by atoms with E-state index in [1.54, 1.807) is 17.8 Å². The minimum Gasteiger partial charge on any atom is -0.399 e. The number of hydrogen-bond donors (Lipinski definition) is 1. The third-order valence-electron chi connectivity index (χ3n) is 2.50. The minimum absolute atomic E-state index is 0.0876. The molecular weight excluding hydrogens is 328 g/mol. The number of anilines is 1. The minimum atomic E-state index is -0.403. The van der Waals surface area contributed by atoms with Crippen LogP contribution >= 0.6 is 27.7 Å². The maximum Gasteiger partial charge on any atom is 0.270 e. The summed E-state index contributed by atoms with van der Waals surface area (Å²) >= 11 is 5.00. The van der Waals surface area contributed by atoms with Crippen LogP contribution in [0, 0.1) is 10.1 Å². The standard InChI is InChI=1S/C13H11BrN2O2S/c14-13-7-11(16(17)18)5-4-9(13)8-19-12-3-1-2-10(15)6-12/h1-7H,8,15H2. The van der Waals surface area contributed by atoms with Crippen molar-refractivity contribution in [2.24, 2.45) is 0 Å². The van der Waals surface area contributed by atoms with E-state index >= 15 is 0 Å². The number of hydrogen-bond acceptors (Lipinski definition) is 4. The van der Waals surface area contributed by atoms with E-state index < -0.39 is 4.92 Å². The first kappa shape index (κ1) is 13.9. The molecule has 4 nitrogen and oxygen atoms in total. The van der Waals surface area contributed by atoms with Crippen LogP contribution in [0.4, 0.5) is 11.4 Å². The second kappa shape index (κ2) is 6.08. The highest BCUT2D eigenvalue weighted by Crippen LogP contribution is 2.30. The topological polar surface area (TPSA) is 69.2 Å². The van der Waals surface area contributed by atoms with Crippen LogP contribution in [0.25, 0.3) is 0 Å². The summed E-state index contributed by atoms with van der Waals surface area (Å²) in [5.41, 5.74) is 7.54. The first-order valence-electron chi connectivity index (χ1n) is 5.47. The molecule has 0 atom stereocenters. The summed E-state index contributed by atoms with van der Waals surface area (Å²) in [4.78, 5) is 11.3. The monoisotopic (exact) mass is 338 g/mol. The van der Waals surface area contributed by atoms with Crippen LogP contribution in [0.3, 0.4) is 0 Å². The average Bonchev–Trinajstić information content (AvgIpc) is 2.37. The van der Waals surface area contributed by atoms with Gasteiger partial charge in [0.15, 0.2) is 0 Å². The molecule has 0 bridgehead atoms. The number of non-ortho nitro benzene ring substituents is 1. The fraction of sp³-hybridized carbons (Fsp3) is 0.0769. The zero-order chi connectivity index (χ0) is 13.8. The van der Waals surface area contributed by atoms with Crippen molar-refractivity contribution in [2.45, 2.75) is 10.6 Å². The number of nitrogen functional groups attached to an aromatic ring is 1. The van der Waals surface area contributed by atoms with Crippen LogP contribution < -0.4 is 5.73 Å². The number of nitrogens with zero attached hydrogens (tertiary/aromatic N) is 1. The largest absolute Gasteiger partial charge is 0.399 e. The van der Waals surface area contributed by atoms with Gasteiger partial charge in [-0.1, -0.05) is 28.1 Å². The molecule has 0 aliphatic rings. The molecule has 0 amide bonds. The van der Waals surface area contributed by atoms with E-state index in [1.807, 2.05) is 24.3 Å². The third kappa shape index (κ3) is 3.71. The Kier molecular flexibility index (Phi) is 4.44. The van der Waals surface area contributed by atoms with E-state index in [0.717, 1.165) is 26.4 Å². The Labute approximate surface area is 123 Å². The van der Waals surface area contributed by atoms with Crippen molar-refractivity contribution in [1.29, 1.82) is 0 Å². The van der Waals surface area contributed by atoms with Crippen LogP contribution in [0.2, 0.25) is 0 Å². The summed E-state index contributed by atoms with van der Waals surface area (Å²) in [7, 11) is 0. The van der Waals surface area contributed by atoms with Crippen molar-refractivity contribution in [3.8, 4) is 0 Å². The van der Waals surface area contributed by atoms with Crippen molar-refractivity contribution < 1.29 is 4.92 Å². The molecule has 19 heavy (non-hydrogen) atoms. The van der Waals surface area contributed by atoms with Crippen LogP contribution in [0.1, 0.15) is 5.56 Å². The summed E-state index contributed by atoms with van der Waals surface area (Å²) in [6, 6.07) is 12.4. The molecule has 0 aliphatic heterocycles. The second-order valence-corrected chi connectivity index (χ2v) is 5.80. The van der Waals surface area contributed by atoms with Gasteiger partial charge in [0.05, 0.1) is 4.92 Å². The molecule has 0 fully saturated rings. The molecule has 0 heterocycles. The molecule has 0 spiro atoms. The van der Waals surface area contributed by atoms with Crippen LogP contribution in [0.5, 0.6) is 0 Å². The van der Waals surface area contributed by atoms with E-state index in [0.29, 0.717) is 0 Å². The molecule has 6 heteroatoms. The van der Waals surface area contributed by atoms with Crippen molar-refractivity contribution in [2.75, 3.05) is 5.73 Å². The number of nitro groups is 1. The van der Waals surface area contributed by atoms with E-state index in [-0.39, 0.29) is 5.69 Å². The number of halogens is 1. The molecule has 98 valence electrons. The van der Waals surface area contributed by atoms with E-state index in [1.165, 1.54) is 12.1 Å². The first-order valence-corrected chi connectivity index (χ1v) is 7.25. The Bertz CT molecular complexity index is 619. The Morgan fingerprint density at radius 3 is 2.68 bits per heavy atom. The van der Waals surface area contributed by atoms with Gasteiger partial charge in [0, 0.05) is 32.9 Å². The quantitative estimate of drug-likeness (QED) is 0.392. The lowest BCUT2D eigenvalue weighted by Crippen LogP contribution is -1.90. The van der Waals surface area contributed by atoms with Crippen LogP contribution in [-0.4, -0.2) is 4.92 Å². The van der Waals surface area contributed by atoms with E-state index in [4.69, 9.17) is 5.73 Å². The molecule has 0 radical (unpaired) electrons. The van der Waals surface area contributed by atoms with Crippen LogP contribution in [-0.2, 0) is 5.75 Å². The molecule has 0 saturated heterocycles. The summed E-state index contributed by atoms with van der Waals surface area (Å²) in [6.07, 6.45) is 0. The van der Waals surface area contributed by atoms with E-state index in [9.17, 15) is 10.1 Å². The summed E-state index contributed by atoms with van der Waals surface area (Å²) in [5.74, 6) is 0.724. The number of rotatable bonds is 4. The fourth-order valence-corrected chi connectivity index (χ4v) is 3.19. The Morgan fingerprint density at radius 2 is 2.05 bits per heavy atom. The maximum atomic E-state index is 10.6. The molecule has 2 rings (SSSR count). The third-order valence-corrected chi connectivity index (χ3v) is 4.28. The summed E-state index contributed by atoms with van der Waals surface area (Å²) in [5, 5.41) is 10.6. The summed E-state index contributed by atoms with van der Waals surface area (Å²) < 4.78 is 0.748. The highest BCUT2D eigenvalue weighted by molar-refractivity contribution is 9.10. The molecule has 2 aromatic carbocycles. The molecule has 0 aromatic heterocycles. The Balaban J connectivity index is 2.10. The number of nitro benzene ring substituents is 1. The second-order valence-electron chi connectivity index (χ2n) is 3.89. The zero-order valence-corrected chi connectivity index (χ0v) is 12.3. The SMILES string of the molecule is Nc1cccc(SCc2ccc([N+](=O)[O-])cc2Br)c1. The van der Waals surface area contributed by atoms with Gasteiger partial charge in [0.1, 0.15) is 0 Å². The zero-order valence-electron chi connectivity index (χ0n) is 9.88. The molecule has 0 aliphatic carbocycles. The average molecular weight is 339 g/mol. The van der Waals surface area contributed by atoms with Gasteiger partial charge in [0.25, 0.3) is 5.69 Å². The summed E-state index contributed by atoms with van der Waals surface area (Å²) in [6.45, 7) is 0. The molecule has 2 N–H and O–H groups in total. The molecule has 0 unspecified atom stereocenters. The highest BCUT2D eigenvalue weighted by atomic mass is 79.9. The predicted molar refractivity (Wildman–Crippen MR) is 81.2 cm³/mol. The van der Waals surface area contributed by atoms with Gasteiger partial charge in [-0.15, -0.1) is 11.8 Å². The molecular formula is C13H11BrN2O2S. The lowest BCUT2D eigenvalue weighted by molar-refractivity contribution is -0.384. The Hall–Kier alpha value is -1.53. The van der Waals surface area contributed by atoms with Gasteiger partial charge in [0.2, 0.25) is 0 Å². The maximum absolute atomic E-state index is 10.6. The first-order chi connectivity index (χ1) is 9.06. The van der Waals surface area contributed by atoms with Gasteiger partial charge in [-0.2, -0.15) is 0 Å². The lowest BCUT2D eigenvalue weighted by atomic mass is 10.2. The number of nitrogens with two attached hydrogens (primary N) is 1. The van der Waals surface area contributed by atoms with Crippen molar-refractivity contribution >= 4 is 39.1 Å².